The lowest BCUT2D eigenvalue weighted by Crippen LogP contribution is -1.93. The molecule has 0 aliphatic rings. The van der Waals surface area contributed by atoms with Crippen LogP contribution in [0.3, 0.4) is 0 Å². The lowest BCUT2D eigenvalue weighted by molar-refractivity contribution is 0.353. The molecule has 0 aromatic heterocycles. The molecule has 0 unspecified atom stereocenters. The number of anilines is 1. The quantitative estimate of drug-likeness (QED) is 0.708. The molecule has 0 fully saturated rings. The summed E-state index contributed by atoms with van der Waals surface area (Å²) in [5, 5.41) is 9.89. The summed E-state index contributed by atoms with van der Waals surface area (Å²) in [4.78, 5) is 0.919. The van der Waals surface area contributed by atoms with Gasteiger partial charge in [-0.15, -0.1) is 0 Å². The lowest BCUT2D eigenvalue weighted by atomic mass is 10.3. The molecule has 0 radical (unpaired) electrons. The van der Waals surface area contributed by atoms with E-state index in [1.54, 1.807) is 32.4 Å². The van der Waals surface area contributed by atoms with Crippen LogP contribution in [0.2, 0.25) is 5.02 Å². The van der Waals surface area contributed by atoms with E-state index in [0.29, 0.717) is 16.5 Å². The van der Waals surface area contributed by atoms with E-state index in [4.69, 9.17) is 21.1 Å². The molecule has 0 heterocycles. The molecule has 2 rings (SSSR count). The fourth-order valence-electron chi connectivity index (χ4n) is 1.60. The predicted octanol–water partition coefficient (Wildman–Crippen LogP) is 4.94. The van der Waals surface area contributed by atoms with Crippen molar-refractivity contribution in [3.05, 3.63) is 39.8 Å². The van der Waals surface area contributed by atoms with E-state index in [0.717, 1.165) is 15.1 Å². The first-order chi connectivity index (χ1) is 10.0. The van der Waals surface area contributed by atoms with E-state index in [-0.39, 0.29) is 5.75 Å². The summed E-state index contributed by atoms with van der Waals surface area (Å²) in [7, 11) is 3.18. The largest absolute Gasteiger partial charge is 0.506 e. The van der Waals surface area contributed by atoms with Crippen LogP contribution in [0.5, 0.6) is 17.2 Å². The first-order valence-corrected chi connectivity index (χ1v) is 7.86. The number of hydrogen-bond acceptors (Lipinski definition) is 5. The third kappa shape index (κ3) is 3.90. The molecule has 0 aliphatic carbocycles. The van der Waals surface area contributed by atoms with Crippen LogP contribution in [0.4, 0.5) is 5.69 Å². The van der Waals surface area contributed by atoms with Crippen LogP contribution in [-0.2, 0) is 0 Å². The summed E-state index contributed by atoms with van der Waals surface area (Å²) < 4.78 is 14.5. The van der Waals surface area contributed by atoms with Crippen molar-refractivity contribution in [2.45, 2.75) is 4.90 Å². The van der Waals surface area contributed by atoms with Gasteiger partial charge in [0.15, 0.2) is 11.5 Å². The van der Waals surface area contributed by atoms with E-state index < -0.39 is 0 Å². The molecule has 0 saturated carbocycles. The van der Waals surface area contributed by atoms with Crippen LogP contribution < -0.4 is 14.2 Å². The minimum atomic E-state index is 0.0358. The molecule has 0 saturated heterocycles. The predicted molar refractivity (Wildman–Crippen MR) is 89.8 cm³/mol. The van der Waals surface area contributed by atoms with Gasteiger partial charge in [0.05, 0.1) is 19.2 Å². The van der Waals surface area contributed by atoms with Gasteiger partial charge in [0.25, 0.3) is 0 Å². The van der Waals surface area contributed by atoms with Gasteiger partial charge in [-0.2, -0.15) is 0 Å². The highest BCUT2D eigenvalue weighted by atomic mass is 79.9. The molecule has 0 spiro atoms. The summed E-state index contributed by atoms with van der Waals surface area (Å²) in [6.07, 6.45) is 0. The Balaban J connectivity index is 2.17. The molecular formula is C14H13BrClNO3S. The molecule has 0 aliphatic heterocycles. The lowest BCUT2D eigenvalue weighted by Gasteiger charge is -2.12. The topological polar surface area (TPSA) is 50.7 Å². The van der Waals surface area contributed by atoms with Crippen molar-refractivity contribution >= 4 is 45.2 Å². The molecular weight excluding hydrogens is 378 g/mol. The van der Waals surface area contributed by atoms with Gasteiger partial charge >= 0.3 is 0 Å². The Morgan fingerprint density at radius 3 is 2.43 bits per heavy atom. The van der Waals surface area contributed by atoms with Gasteiger partial charge in [0, 0.05) is 27.2 Å². The summed E-state index contributed by atoms with van der Waals surface area (Å²) in [6, 6.07) is 8.66. The molecule has 21 heavy (non-hydrogen) atoms. The molecule has 0 amide bonds. The zero-order chi connectivity index (χ0) is 15.4. The Hall–Kier alpha value is -1.24. The normalized spacial score (nSPS) is 10.3. The van der Waals surface area contributed by atoms with Crippen molar-refractivity contribution in [1.82, 2.24) is 0 Å². The van der Waals surface area contributed by atoms with Crippen molar-refractivity contribution in [3.8, 4) is 17.2 Å². The van der Waals surface area contributed by atoms with Gasteiger partial charge < -0.3 is 19.3 Å². The van der Waals surface area contributed by atoms with Gasteiger partial charge in [-0.05, 0) is 46.1 Å². The zero-order valence-electron chi connectivity index (χ0n) is 11.3. The molecule has 4 nitrogen and oxygen atoms in total. The van der Waals surface area contributed by atoms with E-state index in [2.05, 4.69) is 20.7 Å². The Bertz CT molecular complexity index is 654. The maximum Gasteiger partial charge on any atom is 0.161 e. The van der Waals surface area contributed by atoms with E-state index in [1.165, 1.54) is 11.9 Å². The first kappa shape index (κ1) is 16.1. The van der Waals surface area contributed by atoms with Crippen LogP contribution in [0.25, 0.3) is 0 Å². The number of rotatable bonds is 5. The van der Waals surface area contributed by atoms with E-state index in [9.17, 15) is 5.11 Å². The van der Waals surface area contributed by atoms with Crippen molar-refractivity contribution in [1.29, 1.82) is 0 Å². The zero-order valence-corrected chi connectivity index (χ0v) is 14.5. The second-order valence-electron chi connectivity index (χ2n) is 4.01. The number of ether oxygens (including phenoxy) is 2. The monoisotopic (exact) mass is 389 g/mol. The van der Waals surface area contributed by atoms with Crippen molar-refractivity contribution in [2.24, 2.45) is 0 Å². The minimum Gasteiger partial charge on any atom is -0.506 e. The standard InChI is InChI=1S/C14H13BrClNO3S/c1-19-12-6-9(15)14(7-13(12)20-2)21-17-8-3-4-10(16)11(18)5-8/h3-7,17-18H,1-2H3. The maximum atomic E-state index is 9.58. The summed E-state index contributed by atoms with van der Waals surface area (Å²) >= 11 is 10.6. The number of nitrogens with one attached hydrogen (secondary N) is 1. The summed E-state index contributed by atoms with van der Waals surface area (Å²) in [5.74, 6) is 1.33. The van der Waals surface area contributed by atoms with Crippen molar-refractivity contribution in [2.75, 3.05) is 18.9 Å². The highest BCUT2D eigenvalue weighted by Crippen LogP contribution is 2.38. The molecule has 0 bridgehead atoms. The van der Waals surface area contributed by atoms with E-state index in [1.807, 2.05) is 12.1 Å². The SMILES string of the molecule is COc1cc(Br)c(SNc2ccc(Cl)c(O)c2)cc1OC. The highest BCUT2D eigenvalue weighted by molar-refractivity contribution is 9.10. The average Bonchev–Trinajstić information content (AvgIpc) is 2.49. The third-order valence-electron chi connectivity index (χ3n) is 2.66. The molecule has 2 aromatic rings. The van der Waals surface area contributed by atoms with E-state index >= 15 is 0 Å². The average molecular weight is 391 g/mol. The second-order valence-corrected chi connectivity index (χ2v) is 6.12. The Kier molecular flexibility index (Phi) is 5.50. The highest BCUT2D eigenvalue weighted by Gasteiger charge is 2.10. The second kappa shape index (κ2) is 7.15. The minimum absolute atomic E-state index is 0.0358. The number of phenolic OH excluding ortho intramolecular Hbond substituents is 1. The van der Waals surface area contributed by atoms with Gasteiger partial charge in [-0.1, -0.05) is 11.6 Å². The van der Waals surface area contributed by atoms with Crippen LogP contribution >= 0.6 is 39.5 Å². The Labute approximate surface area is 140 Å². The van der Waals surface area contributed by atoms with Crippen molar-refractivity contribution in [3.63, 3.8) is 0 Å². The van der Waals surface area contributed by atoms with Crippen LogP contribution in [0.1, 0.15) is 0 Å². The van der Waals surface area contributed by atoms with Gasteiger partial charge in [-0.3, -0.25) is 0 Å². The van der Waals surface area contributed by atoms with Crippen molar-refractivity contribution < 1.29 is 14.6 Å². The molecule has 0 atom stereocenters. The third-order valence-corrected chi connectivity index (χ3v) is 4.80. The molecule has 2 aromatic carbocycles. The fraction of sp³-hybridized carbons (Fsp3) is 0.143. The van der Waals surface area contributed by atoms with Gasteiger partial charge in [0.2, 0.25) is 0 Å². The summed E-state index contributed by atoms with van der Waals surface area (Å²) in [6.45, 7) is 0. The Morgan fingerprint density at radius 1 is 1.14 bits per heavy atom. The van der Waals surface area contributed by atoms with Gasteiger partial charge in [0.1, 0.15) is 5.75 Å². The number of hydrogen-bond donors (Lipinski definition) is 2. The first-order valence-electron chi connectivity index (χ1n) is 5.88. The number of aromatic hydroxyl groups is 1. The molecule has 7 heteroatoms. The maximum absolute atomic E-state index is 9.58. The smallest absolute Gasteiger partial charge is 0.161 e. The molecule has 112 valence electrons. The molecule has 2 N–H and O–H groups in total. The Morgan fingerprint density at radius 2 is 1.81 bits per heavy atom. The number of halogens is 2. The van der Waals surface area contributed by atoms with Crippen LogP contribution in [0, 0.1) is 0 Å². The number of methoxy groups -OCH3 is 2. The van der Waals surface area contributed by atoms with Crippen LogP contribution in [-0.4, -0.2) is 19.3 Å². The number of phenols is 1. The van der Waals surface area contributed by atoms with Gasteiger partial charge in [-0.25, -0.2) is 0 Å². The fourth-order valence-corrected chi connectivity index (χ4v) is 2.96. The number of benzene rings is 2. The van der Waals surface area contributed by atoms with Crippen LogP contribution in [0.15, 0.2) is 39.7 Å². The summed E-state index contributed by atoms with van der Waals surface area (Å²) in [5.41, 5.74) is 0.739.